The topological polar surface area (TPSA) is 43.1 Å². The Kier molecular flexibility index (Phi) is 3.11. The van der Waals surface area contributed by atoms with Crippen molar-refractivity contribution in [2.75, 3.05) is 0 Å². The van der Waals surface area contributed by atoms with E-state index in [1.165, 1.54) is 0 Å². The first-order valence-electron chi connectivity index (χ1n) is 2.65. The lowest BCUT2D eigenvalue weighted by Crippen LogP contribution is -3.00. The number of halogens is 1. The molecule has 0 aliphatic heterocycles. The van der Waals surface area contributed by atoms with Gasteiger partial charge in [0.25, 0.3) is 0 Å². The summed E-state index contributed by atoms with van der Waals surface area (Å²) in [6.07, 6.45) is 0. The van der Waals surface area contributed by atoms with Gasteiger partial charge in [-0.3, -0.25) is 4.79 Å². The van der Waals surface area contributed by atoms with E-state index in [1.54, 1.807) is 24.3 Å². The predicted octanol–water partition coefficient (Wildman–Crippen LogP) is -2.21. The van der Waals surface area contributed by atoms with Crippen molar-refractivity contribution in [3.05, 3.63) is 35.9 Å². The van der Waals surface area contributed by atoms with Crippen LogP contribution in [0.15, 0.2) is 30.3 Å². The van der Waals surface area contributed by atoms with Crippen molar-refractivity contribution >= 4 is 5.91 Å². The monoisotopic (exact) mass is 140 g/mol. The van der Waals surface area contributed by atoms with E-state index >= 15 is 0 Å². The van der Waals surface area contributed by atoms with Crippen molar-refractivity contribution in [2.45, 2.75) is 0 Å². The van der Waals surface area contributed by atoms with Gasteiger partial charge in [0.2, 0.25) is 5.91 Å². The lowest BCUT2D eigenvalue weighted by molar-refractivity contribution is -0.0000101. The van der Waals surface area contributed by atoms with E-state index in [9.17, 15) is 4.79 Å². The fourth-order valence-electron chi connectivity index (χ4n) is 0.602. The third kappa shape index (κ3) is 1.85. The van der Waals surface area contributed by atoms with Gasteiger partial charge in [0.1, 0.15) is 0 Å². The Morgan fingerprint density at radius 3 is 2.00 bits per heavy atom. The Morgan fingerprint density at radius 2 is 1.70 bits per heavy atom. The number of benzene rings is 1. The Labute approximate surface area is 58.0 Å². The number of hydrogen-bond acceptors (Lipinski definition) is 1. The normalized spacial score (nSPS) is 8.00. The van der Waals surface area contributed by atoms with Crippen LogP contribution in [0.5, 0.6) is 0 Å². The molecule has 1 aromatic rings. The zero-order valence-electron chi connectivity index (χ0n) is 5.25. The molecule has 0 aromatic heterocycles. The molecule has 0 aliphatic rings. The number of amides is 1. The summed E-state index contributed by atoms with van der Waals surface area (Å²) in [4.78, 5) is 10.4. The molecule has 10 heavy (non-hydrogen) atoms. The molecule has 3 heteroatoms. The molecule has 0 saturated carbocycles. The largest absolute Gasteiger partial charge is 1.00 e. The highest BCUT2D eigenvalue weighted by Gasteiger charge is 1.93. The molecule has 1 amide bonds. The number of rotatable bonds is 1. The van der Waals surface area contributed by atoms with Crippen molar-refractivity contribution in [2.24, 2.45) is 5.73 Å². The standard InChI is InChI=1S/C7H7NO.FH/c8-7(9)6-4-2-1-3-5-6;/h1-5H,(H2,8,9);1H/p-1. The molecule has 0 radical (unpaired) electrons. The summed E-state index contributed by atoms with van der Waals surface area (Å²) in [7, 11) is 0. The average molecular weight is 140 g/mol. The van der Waals surface area contributed by atoms with E-state index in [1.807, 2.05) is 6.07 Å². The summed E-state index contributed by atoms with van der Waals surface area (Å²) < 4.78 is 0. The van der Waals surface area contributed by atoms with Gasteiger partial charge < -0.3 is 10.4 Å². The maximum atomic E-state index is 10.4. The fourth-order valence-corrected chi connectivity index (χ4v) is 0.602. The minimum atomic E-state index is -0.379. The number of carbonyl (C=O) groups excluding carboxylic acids is 1. The first-order valence-corrected chi connectivity index (χ1v) is 2.65. The smallest absolute Gasteiger partial charge is 0.248 e. The molecule has 0 heterocycles. The summed E-state index contributed by atoms with van der Waals surface area (Å²) in [5, 5.41) is 0. The molecule has 0 atom stereocenters. The molecular weight excluding hydrogens is 133 g/mol. The summed E-state index contributed by atoms with van der Waals surface area (Å²) in [5.41, 5.74) is 5.53. The van der Waals surface area contributed by atoms with Crippen LogP contribution in [0.2, 0.25) is 0 Å². The predicted molar refractivity (Wildman–Crippen MR) is 35.0 cm³/mol. The van der Waals surface area contributed by atoms with Gasteiger partial charge in [0, 0.05) is 5.56 Å². The second-order valence-electron chi connectivity index (χ2n) is 1.73. The quantitative estimate of drug-likeness (QED) is 0.472. The van der Waals surface area contributed by atoms with Gasteiger partial charge in [-0.2, -0.15) is 0 Å². The van der Waals surface area contributed by atoms with Gasteiger partial charge in [-0.25, -0.2) is 0 Å². The Balaban J connectivity index is 0.000000810. The SMILES string of the molecule is NC(=O)c1ccccc1.[F-]. The highest BCUT2D eigenvalue weighted by Crippen LogP contribution is 1.94. The van der Waals surface area contributed by atoms with Gasteiger partial charge in [-0.1, -0.05) is 18.2 Å². The fraction of sp³-hybridized carbons (Fsp3) is 0. The Bertz CT molecular complexity index is 210. The highest BCUT2D eigenvalue weighted by molar-refractivity contribution is 5.92. The molecule has 1 aromatic carbocycles. The summed E-state index contributed by atoms with van der Waals surface area (Å²) >= 11 is 0. The molecule has 2 N–H and O–H groups in total. The molecule has 0 fully saturated rings. The first kappa shape index (κ1) is 8.62. The van der Waals surface area contributed by atoms with Crippen molar-refractivity contribution in [3.8, 4) is 0 Å². The summed E-state index contributed by atoms with van der Waals surface area (Å²) in [6.45, 7) is 0. The lowest BCUT2D eigenvalue weighted by atomic mass is 10.2. The molecular formula is C7H7FNO-. The molecule has 0 saturated heterocycles. The maximum absolute atomic E-state index is 10.4. The van der Waals surface area contributed by atoms with E-state index < -0.39 is 0 Å². The van der Waals surface area contributed by atoms with Crippen molar-refractivity contribution < 1.29 is 9.50 Å². The molecule has 0 unspecified atom stereocenters. The number of primary amides is 1. The van der Waals surface area contributed by atoms with Crippen LogP contribution in [0, 0.1) is 0 Å². The van der Waals surface area contributed by atoms with Crippen molar-refractivity contribution in [3.63, 3.8) is 0 Å². The Morgan fingerprint density at radius 1 is 1.20 bits per heavy atom. The first-order chi connectivity index (χ1) is 4.30. The third-order valence-electron chi connectivity index (χ3n) is 1.06. The molecule has 2 nitrogen and oxygen atoms in total. The van der Waals surface area contributed by atoms with Gasteiger partial charge in [-0.05, 0) is 12.1 Å². The van der Waals surface area contributed by atoms with Crippen LogP contribution in [0.1, 0.15) is 10.4 Å². The second kappa shape index (κ2) is 3.61. The number of carbonyl (C=O) groups is 1. The van der Waals surface area contributed by atoms with Crippen LogP contribution < -0.4 is 10.4 Å². The minimum Gasteiger partial charge on any atom is -1.00 e. The number of hydrogen-bond donors (Lipinski definition) is 1. The van der Waals surface area contributed by atoms with Gasteiger partial charge in [0.15, 0.2) is 0 Å². The van der Waals surface area contributed by atoms with E-state index in [2.05, 4.69) is 0 Å². The molecule has 1 rings (SSSR count). The van der Waals surface area contributed by atoms with Crippen LogP contribution in [0.25, 0.3) is 0 Å². The van der Waals surface area contributed by atoms with Crippen LogP contribution in [0.3, 0.4) is 0 Å². The summed E-state index contributed by atoms with van der Waals surface area (Å²) in [6, 6.07) is 8.76. The van der Waals surface area contributed by atoms with E-state index in [4.69, 9.17) is 5.73 Å². The van der Waals surface area contributed by atoms with Crippen molar-refractivity contribution in [1.29, 1.82) is 0 Å². The third-order valence-corrected chi connectivity index (χ3v) is 1.06. The van der Waals surface area contributed by atoms with Crippen LogP contribution in [-0.4, -0.2) is 5.91 Å². The van der Waals surface area contributed by atoms with E-state index in [-0.39, 0.29) is 10.6 Å². The number of nitrogens with two attached hydrogens (primary N) is 1. The van der Waals surface area contributed by atoms with Crippen molar-refractivity contribution in [1.82, 2.24) is 0 Å². The van der Waals surface area contributed by atoms with E-state index in [0.717, 1.165) is 0 Å². The summed E-state index contributed by atoms with van der Waals surface area (Å²) in [5.74, 6) is -0.379. The Hall–Kier alpha value is -1.38. The zero-order valence-corrected chi connectivity index (χ0v) is 5.25. The van der Waals surface area contributed by atoms with Gasteiger partial charge >= 0.3 is 0 Å². The van der Waals surface area contributed by atoms with Gasteiger partial charge in [-0.15, -0.1) is 0 Å². The molecule has 0 aliphatic carbocycles. The molecule has 0 spiro atoms. The van der Waals surface area contributed by atoms with Crippen LogP contribution in [-0.2, 0) is 0 Å². The molecule has 0 bridgehead atoms. The maximum Gasteiger partial charge on any atom is 0.248 e. The average Bonchev–Trinajstić information content (AvgIpc) is 1.90. The van der Waals surface area contributed by atoms with Crippen LogP contribution >= 0.6 is 0 Å². The van der Waals surface area contributed by atoms with Gasteiger partial charge in [0.05, 0.1) is 0 Å². The van der Waals surface area contributed by atoms with Crippen LogP contribution in [0.4, 0.5) is 0 Å². The zero-order chi connectivity index (χ0) is 6.69. The molecule has 54 valence electrons. The van der Waals surface area contributed by atoms with E-state index in [0.29, 0.717) is 5.56 Å². The second-order valence-corrected chi connectivity index (χ2v) is 1.73. The lowest BCUT2D eigenvalue weighted by Gasteiger charge is -1.89. The highest BCUT2D eigenvalue weighted by atomic mass is 19.0. The minimum absolute atomic E-state index is 0.